The van der Waals surface area contributed by atoms with Crippen LogP contribution in [0.25, 0.3) is 0 Å². The van der Waals surface area contributed by atoms with Gasteiger partial charge < -0.3 is 10.0 Å². The highest BCUT2D eigenvalue weighted by Gasteiger charge is 2.33. The lowest BCUT2D eigenvalue weighted by atomic mass is 10.1. The van der Waals surface area contributed by atoms with Crippen LogP contribution < -0.4 is 0 Å². The summed E-state index contributed by atoms with van der Waals surface area (Å²) in [5.74, 6) is 0.0599. The normalized spacial score (nSPS) is 27.8. The van der Waals surface area contributed by atoms with E-state index in [1.54, 1.807) is 18.5 Å². The number of carbonyl (C=O) groups is 1. The van der Waals surface area contributed by atoms with E-state index in [1.165, 1.54) is 0 Å². The van der Waals surface area contributed by atoms with E-state index < -0.39 is 0 Å². The Labute approximate surface area is 119 Å². The first-order valence-electron chi connectivity index (χ1n) is 7.37. The van der Waals surface area contributed by atoms with Gasteiger partial charge in [0, 0.05) is 44.6 Å². The molecule has 1 aliphatic carbocycles. The van der Waals surface area contributed by atoms with E-state index in [9.17, 15) is 9.90 Å². The van der Waals surface area contributed by atoms with Crippen molar-refractivity contribution in [3.8, 4) is 0 Å². The minimum atomic E-state index is -0.185. The van der Waals surface area contributed by atoms with Gasteiger partial charge in [-0.15, -0.1) is 0 Å². The number of amides is 1. The lowest BCUT2D eigenvalue weighted by Gasteiger charge is -2.39. The number of carbonyl (C=O) groups excluding carboxylic acids is 1. The van der Waals surface area contributed by atoms with E-state index >= 15 is 0 Å². The first-order valence-corrected chi connectivity index (χ1v) is 7.37. The van der Waals surface area contributed by atoms with Crippen LogP contribution in [-0.2, 0) is 0 Å². The molecule has 1 N–H and O–H groups in total. The summed E-state index contributed by atoms with van der Waals surface area (Å²) in [4.78, 5) is 20.5. The average Bonchev–Trinajstić information content (AvgIpc) is 2.94. The first kappa shape index (κ1) is 13.5. The molecular weight excluding hydrogens is 254 g/mol. The maximum Gasteiger partial charge on any atom is 0.255 e. The summed E-state index contributed by atoms with van der Waals surface area (Å²) in [5.41, 5.74) is 0.654. The number of rotatable bonds is 2. The molecule has 1 amide bonds. The maximum atomic E-state index is 12.3. The fourth-order valence-corrected chi connectivity index (χ4v) is 3.28. The van der Waals surface area contributed by atoms with Gasteiger partial charge >= 0.3 is 0 Å². The molecule has 2 aliphatic rings. The van der Waals surface area contributed by atoms with E-state index in [1.807, 2.05) is 11.0 Å². The number of hydrogen-bond donors (Lipinski definition) is 1. The Bertz CT molecular complexity index is 457. The largest absolute Gasteiger partial charge is 0.391 e. The van der Waals surface area contributed by atoms with Crippen molar-refractivity contribution in [1.29, 1.82) is 0 Å². The van der Waals surface area contributed by atoms with Crippen LogP contribution in [0, 0.1) is 0 Å². The summed E-state index contributed by atoms with van der Waals surface area (Å²) in [6, 6.07) is 3.89. The van der Waals surface area contributed by atoms with Crippen molar-refractivity contribution in [3.05, 3.63) is 30.1 Å². The van der Waals surface area contributed by atoms with Crippen LogP contribution in [-0.4, -0.2) is 64.1 Å². The number of aliphatic hydroxyl groups excluding tert-OH is 1. The van der Waals surface area contributed by atoms with Gasteiger partial charge in [-0.2, -0.15) is 0 Å². The van der Waals surface area contributed by atoms with Crippen LogP contribution in [0.3, 0.4) is 0 Å². The van der Waals surface area contributed by atoms with Crippen LogP contribution in [0.15, 0.2) is 24.5 Å². The van der Waals surface area contributed by atoms with Crippen LogP contribution in [0.5, 0.6) is 0 Å². The van der Waals surface area contributed by atoms with Crippen molar-refractivity contribution in [3.63, 3.8) is 0 Å². The Morgan fingerprint density at radius 2 is 2.05 bits per heavy atom. The van der Waals surface area contributed by atoms with Crippen LogP contribution >= 0.6 is 0 Å². The Kier molecular flexibility index (Phi) is 3.98. The van der Waals surface area contributed by atoms with Gasteiger partial charge in [0.1, 0.15) is 0 Å². The highest BCUT2D eigenvalue weighted by molar-refractivity contribution is 5.93. The Balaban J connectivity index is 1.57. The highest BCUT2D eigenvalue weighted by atomic mass is 16.3. The lowest BCUT2D eigenvalue weighted by molar-refractivity contribution is 0.0315. The lowest BCUT2D eigenvalue weighted by Crippen LogP contribution is -2.53. The van der Waals surface area contributed by atoms with Gasteiger partial charge in [0.2, 0.25) is 0 Å². The second-order valence-corrected chi connectivity index (χ2v) is 5.64. The Hall–Kier alpha value is -1.46. The van der Waals surface area contributed by atoms with Gasteiger partial charge in [-0.25, -0.2) is 0 Å². The third-order valence-corrected chi connectivity index (χ3v) is 4.42. The first-order chi connectivity index (χ1) is 9.75. The molecule has 2 fully saturated rings. The van der Waals surface area contributed by atoms with Crippen molar-refractivity contribution >= 4 is 5.91 Å². The number of aliphatic hydroxyl groups is 1. The quantitative estimate of drug-likeness (QED) is 0.865. The summed E-state index contributed by atoms with van der Waals surface area (Å²) in [7, 11) is 0. The van der Waals surface area contributed by atoms with E-state index in [0.29, 0.717) is 11.6 Å². The van der Waals surface area contributed by atoms with Gasteiger partial charge in [0.25, 0.3) is 5.91 Å². The molecular formula is C15H21N3O2. The molecule has 1 aromatic heterocycles. The third-order valence-electron chi connectivity index (χ3n) is 4.42. The fraction of sp³-hybridized carbons (Fsp3) is 0.600. The molecule has 5 heteroatoms. The monoisotopic (exact) mass is 275 g/mol. The highest BCUT2D eigenvalue weighted by Crippen LogP contribution is 2.25. The van der Waals surface area contributed by atoms with Gasteiger partial charge in [-0.1, -0.05) is 0 Å². The second-order valence-electron chi connectivity index (χ2n) is 5.64. The molecule has 0 unspecified atom stereocenters. The third kappa shape index (κ3) is 2.69. The molecule has 2 heterocycles. The minimum Gasteiger partial charge on any atom is -0.391 e. The molecule has 20 heavy (non-hydrogen) atoms. The molecule has 1 saturated heterocycles. The molecule has 5 nitrogen and oxygen atoms in total. The molecule has 1 saturated carbocycles. The Morgan fingerprint density at radius 3 is 2.65 bits per heavy atom. The van der Waals surface area contributed by atoms with Crippen molar-refractivity contribution < 1.29 is 9.90 Å². The van der Waals surface area contributed by atoms with Gasteiger partial charge in [0.15, 0.2) is 0 Å². The summed E-state index contributed by atoms with van der Waals surface area (Å²) >= 11 is 0. The standard InChI is InChI=1S/C15H21N3O2/c19-14-5-1-4-13(14)17-7-9-18(10-8-17)15(20)12-3-2-6-16-11-12/h2-3,6,11,13-14,19H,1,4-5,7-10H2/t13-,14+/m1/s1. The molecule has 2 atom stereocenters. The zero-order valence-electron chi connectivity index (χ0n) is 11.6. The molecule has 1 aromatic rings. The SMILES string of the molecule is O=C(c1cccnc1)N1CCN([C@@H]2CCC[C@@H]2O)CC1. The number of piperazine rings is 1. The molecule has 3 rings (SSSR count). The minimum absolute atomic E-state index is 0.0599. The summed E-state index contributed by atoms with van der Waals surface area (Å²) < 4.78 is 0. The molecule has 0 spiro atoms. The zero-order chi connectivity index (χ0) is 13.9. The van der Waals surface area contributed by atoms with Gasteiger partial charge in [-0.05, 0) is 31.4 Å². The van der Waals surface area contributed by atoms with Gasteiger partial charge in [0.05, 0.1) is 11.7 Å². The van der Waals surface area contributed by atoms with Crippen molar-refractivity contribution in [2.24, 2.45) is 0 Å². The maximum absolute atomic E-state index is 12.3. The van der Waals surface area contributed by atoms with E-state index in [-0.39, 0.29) is 12.0 Å². The second kappa shape index (κ2) is 5.89. The number of hydrogen-bond acceptors (Lipinski definition) is 4. The fourth-order valence-electron chi connectivity index (χ4n) is 3.28. The van der Waals surface area contributed by atoms with E-state index in [4.69, 9.17) is 0 Å². The van der Waals surface area contributed by atoms with Crippen LogP contribution in [0.1, 0.15) is 29.6 Å². The van der Waals surface area contributed by atoms with Crippen molar-refractivity contribution in [2.45, 2.75) is 31.4 Å². The summed E-state index contributed by atoms with van der Waals surface area (Å²) in [6.45, 7) is 3.18. The summed E-state index contributed by atoms with van der Waals surface area (Å²) in [6.07, 6.45) is 6.22. The smallest absolute Gasteiger partial charge is 0.255 e. The summed E-state index contributed by atoms with van der Waals surface area (Å²) in [5, 5.41) is 9.96. The Morgan fingerprint density at radius 1 is 1.25 bits per heavy atom. The zero-order valence-corrected chi connectivity index (χ0v) is 11.6. The van der Waals surface area contributed by atoms with Crippen molar-refractivity contribution in [2.75, 3.05) is 26.2 Å². The molecule has 1 aliphatic heterocycles. The van der Waals surface area contributed by atoms with E-state index in [2.05, 4.69) is 9.88 Å². The molecule has 0 bridgehead atoms. The van der Waals surface area contributed by atoms with Crippen molar-refractivity contribution in [1.82, 2.24) is 14.8 Å². The number of aromatic nitrogens is 1. The average molecular weight is 275 g/mol. The molecule has 0 aromatic carbocycles. The van der Waals surface area contributed by atoms with Crippen LogP contribution in [0.4, 0.5) is 0 Å². The van der Waals surface area contributed by atoms with E-state index in [0.717, 1.165) is 45.4 Å². The molecule has 108 valence electrons. The van der Waals surface area contributed by atoms with Crippen LogP contribution in [0.2, 0.25) is 0 Å². The molecule has 0 radical (unpaired) electrons. The topological polar surface area (TPSA) is 56.7 Å². The number of pyridine rings is 1. The predicted molar refractivity (Wildman–Crippen MR) is 75.4 cm³/mol. The van der Waals surface area contributed by atoms with Gasteiger partial charge in [-0.3, -0.25) is 14.7 Å². The number of nitrogens with zero attached hydrogens (tertiary/aromatic N) is 3. The predicted octanol–water partition coefficient (Wildman–Crippen LogP) is 0.753.